The highest BCUT2D eigenvalue weighted by molar-refractivity contribution is 5.80. The molecule has 0 bridgehead atoms. The van der Waals surface area contributed by atoms with Gasteiger partial charge in [-0.25, -0.2) is 9.59 Å². The average molecular weight is 285 g/mol. The summed E-state index contributed by atoms with van der Waals surface area (Å²) in [5.74, 6) is 0. The van der Waals surface area contributed by atoms with Gasteiger partial charge in [-0.2, -0.15) is 0 Å². The molecule has 0 radical (unpaired) electrons. The summed E-state index contributed by atoms with van der Waals surface area (Å²) in [5, 5.41) is 2.47. The van der Waals surface area contributed by atoms with Crippen LogP contribution in [0.25, 0.3) is 0 Å². The summed E-state index contributed by atoms with van der Waals surface area (Å²) >= 11 is 0. The molecule has 2 rings (SSSR count). The van der Waals surface area contributed by atoms with Gasteiger partial charge in [-0.1, -0.05) is 60.7 Å². The fraction of sp³-hybridized carbons (Fsp3) is 0.125. The van der Waals surface area contributed by atoms with E-state index >= 15 is 0 Å². The van der Waals surface area contributed by atoms with Crippen molar-refractivity contribution in [1.29, 1.82) is 0 Å². The van der Waals surface area contributed by atoms with E-state index in [-0.39, 0.29) is 13.2 Å². The molecule has 0 saturated carbocycles. The number of carbonyl (C=O) groups is 2. The second-order valence-electron chi connectivity index (χ2n) is 4.25. The summed E-state index contributed by atoms with van der Waals surface area (Å²) in [4.78, 5) is 22.7. The molecule has 5 nitrogen and oxygen atoms in total. The number of benzene rings is 2. The van der Waals surface area contributed by atoms with E-state index in [1.165, 1.54) is 0 Å². The number of alkyl carbamates (subject to hydrolysis) is 1. The second kappa shape index (κ2) is 7.69. The van der Waals surface area contributed by atoms with Gasteiger partial charge in [0.2, 0.25) is 0 Å². The number of hydrogen-bond donors (Lipinski definition) is 1. The average Bonchev–Trinajstić information content (AvgIpc) is 2.53. The molecule has 0 aromatic heterocycles. The molecule has 0 aliphatic carbocycles. The van der Waals surface area contributed by atoms with Gasteiger partial charge in [-0.15, -0.1) is 0 Å². The molecule has 21 heavy (non-hydrogen) atoms. The van der Waals surface area contributed by atoms with E-state index in [9.17, 15) is 9.59 Å². The van der Waals surface area contributed by atoms with E-state index in [0.29, 0.717) is 0 Å². The van der Waals surface area contributed by atoms with Crippen molar-refractivity contribution in [3.05, 3.63) is 71.8 Å². The summed E-state index contributed by atoms with van der Waals surface area (Å²) in [5.41, 5.74) is 1.73. The maximum atomic E-state index is 11.4. The largest absolute Gasteiger partial charge is 0.517 e. The minimum atomic E-state index is -1.02. The Balaban J connectivity index is 1.69. The first kappa shape index (κ1) is 14.6. The normalized spacial score (nSPS) is 9.71. The predicted molar refractivity (Wildman–Crippen MR) is 76.4 cm³/mol. The molecule has 1 amide bonds. The van der Waals surface area contributed by atoms with Crippen LogP contribution in [0.15, 0.2) is 60.7 Å². The summed E-state index contributed by atoms with van der Waals surface area (Å²) < 4.78 is 9.31. The SMILES string of the molecule is O=C(NCc1ccccc1)OC(=O)OCc1ccccc1. The third-order valence-corrected chi connectivity index (χ3v) is 2.66. The summed E-state index contributed by atoms with van der Waals surface area (Å²) in [6, 6.07) is 18.4. The lowest BCUT2D eigenvalue weighted by molar-refractivity contribution is 0.0696. The van der Waals surface area contributed by atoms with E-state index in [0.717, 1.165) is 11.1 Å². The van der Waals surface area contributed by atoms with Gasteiger partial charge in [0, 0.05) is 6.54 Å². The molecule has 0 aliphatic rings. The number of rotatable bonds is 4. The minimum absolute atomic E-state index is 0.0611. The molecule has 0 atom stereocenters. The maximum absolute atomic E-state index is 11.4. The zero-order valence-corrected chi connectivity index (χ0v) is 11.3. The molecular weight excluding hydrogens is 270 g/mol. The van der Waals surface area contributed by atoms with Gasteiger partial charge in [0.05, 0.1) is 0 Å². The molecular formula is C16H15NO4. The van der Waals surface area contributed by atoms with Gasteiger partial charge in [-0.05, 0) is 11.1 Å². The number of carbonyl (C=O) groups excluding carboxylic acids is 2. The van der Waals surface area contributed by atoms with E-state index in [1.54, 1.807) is 0 Å². The molecule has 5 heteroatoms. The summed E-state index contributed by atoms with van der Waals surface area (Å²) in [7, 11) is 0. The number of ether oxygens (including phenoxy) is 2. The van der Waals surface area contributed by atoms with Crippen LogP contribution in [-0.4, -0.2) is 12.2 Å². The molecule has 0 aliphatic heterocycles. The molecule has 0 heterocycles. The van der Waals surface area contributed by atoms with E-state index in [2.05, 4.69) is 10.1 Å². The van der Waals surface area contributed by atoms with Crippen molar-refractivity contribution in [3.8, 4) is 0 Å². The Bertz CT molecular complexity index is 530. The summed E-state index contributed by atoms with van der Waals surface area (Å²) in [6.45, 7) is 0.345. The monoisotopic (exact) mass is 285 g/mol. The third-order valence-electron chi connectivity index (χ3n) is 2.66. The smallest absolute Gasteiger partial charge is 0.429 e. The van der Waals surface area contributed by atoms with E-state index < -0.39 is 12.2 Å². The van der Waals surface area contributed by atoms with Crippen LogP contribution in [0.5, 0.6) is 0 Å². The highest BCUT2D eigenvalue weighted by atomic mass is 16.7. The Morgan fingerprint density at radius 2 is 1.43 bits per heavy atom. The Kier molecular flexibility index (Phi) is 5.34. The van der Waals surface area contributed by atoms with Crippen LogP contribution >= 0.6 is 0 Å². The standard InChI is InChI=1S/C16H15NO4/c18-15(17-11-13-7-3-1-4-8-13)21-16(19)20-12-14-9-5-2-6-10-14/h1-10H,11-12H2,(H,17,18). The quantitative estimate of drug-likeness (QED) is 0.691. The Hall–Kier alpha value is -2.82. The lowest BCUT2D eigenvalue weighted by atomic mass is 10.2. The first-order valence-corrected chi connectivity index (χ1v) is 6.44. The fourth-order valence-electron chi connectivity index (χ4n) is 1.63. The maximum Gasteiger partial charge on any atom is 0.517 e. The molecule has 2 aromatic rings. The van der Waals surface area contributed by atoms with Crippen LogP contribution in [0.3, 0.4) is 0 Å². The Morgan fingerprint density at radius 1 is 0.857 bits per heavy atom. The van der Waals surface area contributed by atoms with Gasteiger partial charge in [0.25, 0.3) is 0 Å². The van der Waals surface area contributed by atoms with Crippen molar-refractivity contribution in [2.75, 3.05) is 0 Å². The van der Waals surface area contributed by atoms with Gasteiger partial charge >= 0.3 is 12.2 Å². The van der Waals surface area contributed by atoms with Gasteiger partial charge in [0.15, 0.2) is 0 Å². The molecule has 0 saturated heterocycles. The van der Waals surface area contributed by atoms with E-state index in [4.69, 9.17) is 4.74 Å². The topological polar surface area (TPSA) is 64.6 Å². The van der Waals surface area contributed by atoms with Crippen molar-refractivity contribution < 1.29 is 19.1 Å². The van der Waals surface area contributed by atoms with Crippen LogP contribution in [0.1, 0.15) is 11.1 Å². The molecule has 108 valence electrons. The van der Waals surface area contributed by atoms with Gasteiger partial charge in [0.1, 0.15) is 6.61 Å². The Morgan fingerprint density at radius 3 is 2.05 bits per heavy atom. The lowest BCUT2D eigenvalue weighted by Gasteiger charge is -2.06. The predicted octanol–water partition coefficient (Wildman–Crippen LogP) is 3.25. The van der Waals surface area contributed by atoms with Gasteiger partial charge < -0.3 is 14.8 Å². The van der Waals surface area contributed by atoms with Crippen molar-refractivity contribution >= 4 is 12.2 Å². The number of hydrogen-bond acceptors (Lipinski definition) is 4. The zero-order valence-electron chi connectivity index (χ0n) is 11.3. The molecule has 0 unspecified atom stereocenters. The highest BCUT2D eigenvalue weighted by Gasteiger charge is 2.11. The van der Waals surface area contributed by atoms with Crippen molar-refractivity contribution in [1.82, 2.24) is 5.32 Å². The third kappa shape index (κ3) is 5.36. The Labute approximate surface area is 122 Å². The molecule has 0 spiro atoms. The van der Waals surface area contributed by atoms with Crippen molar-refractivity contribution in [3.63, 3.8) is 0 Å². The van der Waals surface area contributed by atoms with Gasteiger partial charge in [-0.3, -0.25) is 0 Å². The molecule has 0 fully saturated rings. The van der Waals surface area contributed by atoms with Crippen LogP contribution in [0.4, 0.5) is 9.59 Å². The van der Waals surface area contributed by atoms with Crippen LogP contribution in [0, 0.1) is 0 Å². The first-order chi connectivity index (χ1) is 10.2. The van der Waals surface area contributed by atoms with Crippen LogP contribution < -0.4 is 5.32 Å². The first-order valence-electron chi connectivity index (χ1n) is 6.44. The molecule has 2 aromatic carbocycles. The summed E-state index contributed by atoms with van der Waals surface area (Å²) in [6.07, 6.45) is -1.86. The fourth-order valence-corrected chi connectivity index (χ4v) is 1.63. The van der Waals surface area contributed by atoms with Crippen LogP contribution in [0.2, 0.25) is 0 Å². The highest BCUT2D eigenvalue weighted by Crippen LogP contribution is 2.02. The second-order valence-corrected chi connectivity index (χ2v) is 4.25. The van der Waals surface area contributed by atoms with Crippen molar-refractivity contribution in [2.24, 2.45) is 0 Å². The number of amides is 1. The molecule has 1 N–H and O–H groups in total. The number of nitrogens with one attached hydrogen (secondary N) is 1. The van der Waals surface area contributed by atoms with Crippen molar-refractivity contribution in [2.45, 2.75) is 13.2 Å². The van der Waals surface area contributed by atoms with Crippen LogP contribution in [-0.2, 0) is 22.6 Å². The lowest BCUT2D eigenvalue weighted by Crippen LogP contribution is -2.26. The van der Waals surface area contributed by atoms with E-state index in [1.807, 2.05) is 60.7 Å². The zero-order chi connectivity index (χ0) is 14.9. The minimum Gasteiger partial charge on any atom is -0.429 e.